The van der Waals surface area contributed by atoms with E-state index in [-0.39, 0.29) is 17.9 Å². The minimum Gasteiger partial charge on any atom is -0.385 e. The first-order valence-corrected chi connectivity index (χ1v) is 5.84. The van der Waals surface area contributed by atoms with Gasteiger partial charge in [0.25, 0.3) is 0 Å². The summed E-state index contributed by atoms with van der Waals surface area (Å²) in [5, 5.41) is 2.85. The molecule has 0 aromatic heterocycles. The van der Waals surface area contributed by atoms with Crippen LogP contribution < -0.4 is 5.32 Å². The summed E-state index contributed by atoms with van der Waals surface area (Å²) >= 11 is 0. The summed E-state index contributed by atoms with van der Waals surface area (Å²) in [6, 6.07) is 0. The van der Waals surface area contributed by atoms with Crippen molar-refractivity contribution in [3.05, 3.63) is 0 Å². The second-order valence-electron chi connectivity index (χ2n) is 4.73. The number of hydrogen-bond acceptors (Lipinski definition) is 4. The molecule has 0 aliphatic heterocycles. The predicted molar refractivity (Wildman–Crippen MR) is 66.0 cm³/mol. The summed E-state index contributed by atoms with van der Waals surface area (Å²) in [7, 11) is 3.28. The molecule has 0 aliphatic rings. The first-order chi connectivity index (χ1) is 8.02. The highest BCUT2D eigenvalue weighted by Crippen LogP contribution is 2.18. The number of carbonyl (C=O) groups excluding carboxylic acids is 1. The third kappa shape index (κ3) is 10.2. The first kappa shape index (κ1) is 16.4. The molecular weight excluding hydrogens is 222 g/mol. The smallest absolute Gasteiger partial charge is 0.246 e. The van der Waals surface area contributed by atoms with Gasteiger partial charge in [-0.05, 0) is 11.8 Å². The van der Waals surface area contributed by atoms with Gasteiger partial charge in [-0.25, -0.2) is 0 Å². The summed E-state index contributed by atoms with van der Waals surface area (Å²) in [4.78, 5) is 11.4. The number of amides is 1. The molecule has 0 aliphatic carbocycles. The van der Waals surface area contributed by atoms with Crippen molar-refractivity contribution in [2.24, 2.45) is 5.41 Å². The van der Waals surface area contributed by atoms with Gasteiger partial charge in [-0.2, -0.15) is 0 Å². The fourth-order valence-corrected chi connectivity index (χ4v) is 1.16. The van der Waals surface area contributed by atoms with Crippen molar-refractivity contribution in [2.75, 3.05) is 47.2 Å². The number of nitrogens with one attached hydrogen (secondary N) is 1. The Kier molecular flexibility index (Phi) is 9.03. The normalized spacial score (nSPS) is 11.5. The molecule has 5 heteroatoms. The molecule has 0 saturated heterocycles. The van der Waals surface area contributed by atoms with E-state index in [2.05, 4.69) is 19.2 Å². The van der Waals surface area contributed by atoms with Crippen molar-refractivity contribution in [3.63, 3.8) is 0 Å². The average molecular weight is 247 g/mol. The van der Waals surface area contributed by atoms with Gasteiger partial charge in [0.2, 0.25) is 5.91 Å². The number of methoxy groups -OCH3 is 2. The zero-order chi connectivity index (χ0) is 13.1. The number of ether oxygens (including phenoxy) is 3. The Morgan fingerprint density at radius 2 is 1.76 bits per heavy atom. The van der Waals surface area contributed by atoms with E-state index in [0.717, 1.165) is 6.42 Å². The number of hydrogen-bond donors (Lipinski definition) is 1. The van der Waals surface area contributed by atoms with Crippen LogP contribution in [0, 0.1) is 5.41 Å². The lowest BCUT2D eigenvalue weighted by molar-refractivity contribution is -0.126. The third-order valence-corrected chi connectivity index (χ3v) is 2.41. The summed E-state index contributed by atoms with van der Waals surface area (Å²) < 4.78 is 15.0. The van der Waals surface area contributed by atoms with Gasteiger partial charge in [0.1, 0.15) is 6.61 Å². The van der Waals surface area contributed by atoms with E-state index in [1.165, 1.54) is 0 Å². The molecule has 0 heterocycles. The molecule has 0 rings (SSSR count). The van der Waals surface area contributed by atoms with E-state index in [1.54, 1.807) is 14.2 Å². The molecule has 0 aromatic rings. The molecular formula is C12H25NO4. The lowest BCUT2D eigenvalue weighted by atomic mass is 9.90. The number of carbonyl (C=O) groups is 1. The van der Waals surface area contributed by atoms with Crippen molar-refractivity contribution >= 4 is 5.91 Å². The molecule has 0 spiro atoms. The highest BCUT2D eigenvalue weighted by molar-refractivity contribution is 5.77. The van der Waals surface area contributed by atoms with Crippen LogP contribution in [0.15, 0.2) is 0 Å². The Bertz CT molecular complexity index is 207. The SMILES string of the molecule is COCCOCC(=O)NCC(C)(C)CCOC. The van der Waals surface area contributed by atoms with Crippen LogP contribution in [0.3, 0.4) is 0 Å². The molecule has 0 unspecified atom stereocenters. The van der Waals surface area contributed by atoms with Crippen molar-refractivity contribution in [1.29, 1.82) is 0 Å². The van der Waals surface area contributed by atoms with Crippen LogP contribution in [0.25, 0.3) is 0 Å². The summed E-state index contributed by atoms with van der Waals surface area (Å²) in [5.41, 5.74) is 0.0399. The molecule has 17 heavy (non-hydrogen) atoms. The van der Waals surface area contributed by atoms with Crippen LogP contribution in [0.5, 0.6) is 0 Å². The molecule has 0 aromatic carbocycles. The van der Waals surface area contributed by atoms with Gasteiger partial charge in [0.15, 0.2) is 0 Å². The molecule has 102 valence electrons. The van der Waals surface area contributed by atoms with Crippen molar-refractivity contribution in [1.82, 2.24) is 5.32 Å². The average Bonchev–Trinajstić information content (AvgIpc) is 2.30. The van der Waals surface area contributed by atoms with Crippen LogP contribution in [0.2, 0.25) is 0 Å². The van der Waals surface area contributed by atoms with E-state index in [9.17, 15) is 4.79 Å². The van der Waals surface area contributed by atoms with Gasteiger partial charge in [-0.1, -0.05) is 13.8 Å². The lowest BCUT2D eigenvalue weighted by Crippen LogP contribution is -2.36. The Morgan fingerprint density at radius 1 is 1.12 bits per heavy atom. The molecule has 0 bridgehead atoms. The molecule has 5 nitrogen and oxygen atoms in total. The molecule has 1 N–H and O–H groups in total. The highest BCUT2D eigenvalue weighted by Gasteiger charge is 2.18. The Morgan fingerprint density at radius 3 is 2.35 bits per heavy atom. The molecule has 0 fully saturated rings. The van der Waals surface area contributed by atoms with Gasteiger partial charge in [0.05, 0.1) is 13.2 Å². The van der Waals surface area contributed by atoms with Gasteiger partial charge in [0, 0.05) is 27.4 Å². The van der Waals surface area contributed by atoms with E-state index < -0.39 is 0 Å². The minimum absolute atomic E-state index is 0.0399. The second-order valence-corrected chi connectivity index (χ2v) is 4.73. The maximum Gasteiger partial charge on any atom is 0.246 e. The quantitative estimate of drug-likeness (QED) is 0.581. The van der Waals surface area contributed by atoms with Crippen molar-refractivity contribution in [3.8, 4) is 0 Å². The maximum atomic E-state index is 11.4. The van der Waals surface area contributed by atoms with Crippen LogP contribution in [0.1, 0.15) is 20.3 Å². The van der Waals surface area contributed by atoms with Gasteiger partial charge in [-0.3, -0.25) is 4.79 Å². The Labute approximate surface area is 104 Å². The Balaban J connectivity index is 3.60. The molecule has 0 atom stereocenters. The molecule has 1 amide bonds. The lowest BCUT2D eigenvalue weighted by Gasteiger charge is -2.24. The minimum atomic E-state index is -0.0911. The zero-order valence-electron chi connectivity index (χ0n) is 11.4. The monoisotopic (exact) mass is 247 g/mol. The number of rotatable bonds is 10. The Hall–Kier alpha value is -0.650. The third-order valence-electron chi connectivity index (χ3n) is 2.41. The van der Waals surface area contributed by atoms with Gasteiger partial charge in [-0.15, -0.1) is 0 Å². The highest BCUT2D eigenvalue weighted by atomic mass is 16.5. The topological polar surface area (TPSA) is 56.8 Å². The predicted octanol–water partition coefficient (Wildman–Crippen LogP) is 0.828. The van der Waals surface area contributed by atoms with E-state index >= 15 is 0 Å². The van der Waals surface area contributed by atoms with E-state index in [4.69, 9.17) is 14.2 Å². The van der Waals surface area contributed by atoms with E-state index in [0.29, 0.717) is 26.4 Å². The summed E-state index contributed by atoms with van der Waals surface area (Å²) in [6.45, 7) is 6.56. The van der Waals surface area contributed by atoms with E-state index in [1.807, 2.05) is 0 Å². The van der Waals surface area contributed by atoms with Crippen LogP contribution >= 0.6 is 0 Å². The van der Waals surface area contributed by atoms with Crippen LogP contribution in [-0.4, -0.2) is 53.1 Å². The van der Waals surface area contributed by atoms with Crippen molar-refractivity contribution in [2.45, 2.75) is 20.3 Å². The fraction of sp³-hybridized carbons (Fsp3) is 0.917. The van der Waals surface area contributed by atoms with Crippen LogP contribution in [0.4, 0.5) is 0 Å². The van der Waals surface area contributed by atoms with Crippen LogP contribution in [-0.2, 0) is 19.0 Å². The second kappa shape index (κ2) is 9.39. The summed E-state index contributed by atoms with van der Waals surface area (Å²) in [6.07, 6.45) is 0.911. The fourth-order valence-electron chi connectivity index (χ4n) is 1.16. The summed E-state index contributed by atoms with van der Waals surface area (Å²) in [5.74, 6) is -0.0911. The maximum absolute atomic E-state index is 11.4. The molecule has 0 saturated carbocycles. The van der Waals surface area contributed by atoms with Gasteiger partial charge >= 0.3 is 0 Å². The largest absolute Gasteiger partial charge is 0.385 e. The molecule has 0 radical (unpaired) electrons. The zero-order valence-corrected chi connectivity index (χ0v) is 11.4. The van der Waals surface area contributed by atoms with Crippen molar-refractivity contribution < 1.29 is 19.0 Å². The van der Waals surface area contributed by atoms with Gasteiger partial charge < -0.3 is 19.5 Å². The standard InChI is InChI=1S/C12H25NO4/c1-12(2,5-6-15-3)10-13-11(14)9-17-8-7-16-4/h5-10H2,1-4H3,(H,13,14). The first-order valence-electron chi connectivity index (χ1n) is 5.84.